The molecule has 0 saturated carbocycles. The Morgan fingerprint density at radius 2 is 2.00 bits per heavy atom. The maximum atomic E-state index is 12.5. The summed E-state index contributed by atoms with van der Waals surface area (Å²) in [6.45, 7) is -0.306. The first-order chi connectivity index (χ1) is 5.55. The minimum atomic E-state index is -4.07. The lowest BCUT2D eigenvalue weighted by atomic mass is 10.1. The van der Waals surface area contributed by atoms with Gasteiger partial charge in [-0.2, -0.15) is 8.78 Å². The van der Waals surface area contributed by atoms with Gasteiger partial charge in [0.2, 0.25) is 0 Å². The van der Waals surface area contributed by atoms with Crippen molar-refractivity contribution in [1.29, 1.82) is 0 Å². The van der Waals surface area contributed by atoms with Crippen molar-refractivity contribution in [3.8, 4) is 0 Å². The summed E-state index contributed by atoms with van der Waals surface area (Å²) in [6, 6.07) is 0. The molecule has 2 nitrogen and oxygen atoms in total. The molecule has 0 radical (unpaired) electrons. The number of hydrogen-bond donors (Lipinski definition) is 0. The number of rotatable bonds is 2. The van der Waals surface area contributed by atoms with Gasteiger partial charge in [0, 0.05) is 6.42 Å². The zero-order valence-corrected chi connectivity index (χ0v) is 6.10. The van der Waals surface area contributed by atoms with Crippen LogP contribution in [0.25, 0.3) is 0 Å². The topological polar surface area (TPSA) is 18.5 Å². The van der Waals surface area contributed by atoms with E-state index in [1.54, 1.807) is 0 Å². The summed E-state index contributed by atoms with van der Waals surface area (Å²) in [6.07, 6.45) is -5.59. The van der Waals surface area contributed by atoms with Gasteiger partial charge in [0.1, 0.15) is 12.9 Å². The molecule has 12 heavy (non-hydrogen) atoms. The summed E-state index contributed by atoms with van der Waals surface area (Å²) in [4.78, 5) is 0. The van der Waals surface area contributed by atoms with E-state index < -0.39 is 18.5 Å². The van der Waals surface area contributed by atoms with Crippen molar-refractivity contribution in [1.82, 2.24) is 0 Å². The predicted octanol–water partition coefficient (Wildman–Crippen LogP) is 1.65. The average molecular weight is 188 g/mol. The van der Waals surface area contributed by atoms with Crippen molar-refractivity contribution >= 4 is 0 Å². The van der Waals surface area contributed by atoms with E-state index in [2.05, 4.69) is 9.47 Å². The van der Waals surface area contributed by atoms with Crippen LogP contribution in [0.5, 0.6) is 0 Å². The number of alkyl halides is 4. The van der Waals surface area contributed by atoms with Gasteiger partial charge in [-0.1, -0.05) is 0 Å². The number of halogens is 4. The summed E-state index contributed by atoms with van der Waals surface area (Å²) in [5.74, 6) is -4.07. The van der Waals surface area contributed by atoms with Gasteiger partial charge in [0.15, 0.2) is 0 Å². The van der Waals surface area contributed by atoms with Crippen LogP contribution in [0.2, 0.25) is 0 Å². The van der Waals surface area contributed by atoms with Crippen molar-refractivity contribution in [2.75, 3.05) is 13.4 Å². The first-order valence-electron chi connectivity index (χ1n) is 3.40. The largest absolute Gasteiger partial charge is 0.355 e. The monoisotopic (exact) mass is 188 g/mol. The van der Waals surface area contributed by atoms with Gasteiger partial charge in [0.05, 0.1) is 6.61 Å². The van der Waals surface area contributed by atoms with Gasteiger partial charge in [-0.25, -0.2) is 8.78 Å². The summed E-state index contributed by atoms with van der Waals surface area (Å²) in [5, 5.41) is 0. The van der Waals surface area contributed by atoms with E-state index in [4.69, 9.17) is 0 Å². The first-order valence-corrected chi connectivity index (χ1v) is 3.40. The molecule has 1 unspecified atom stereocenters. The van der Waals surface area contributed by atoms with Crippen LogP contribution < -0.4 is 0 Å². The third-order valence-corrected chi connectivity index (χ3v) is 1.60. The van der Waals surface area contributed by atoms with Gasteiger partial charge >= 0.3 is 12.3 Å². The lowest BCUT2D eigenvalue weighted by Gasteiger charge is -2.29. The third-order valence-electron chi connectivity index (χ3n) is 1.60. The Kier molecular flexibility index (Phi) is 2.89. The Labute approximate surface area is 66.4 Å². The fraction of sp³-hybridized carbons (Fsp3) is 1.00. The molecule has 1 aliphatic rings. The Balaban J connectivity index is 2.53. The Hall–Kier alpha value is -0.360. The van der Waals surface area contributed by atoms with E-state index in [-0.39, 0.29) is 19.8 Å². The molecule has 1 fully saturated rings. The number of hydrogen-bond acceptors (Lipinski definition) is 2. The normalized spacial score (nSPS) is 26.2. The molecule has 1 saturated heterocycles. The molecular weight excluding hydrogens is 180 g/mol. The van der Waals surface area contributed by atoms with E-state index in [0.29, 0.717) is 0 Å². The molecule has 1 aliphatic heterocycles. The van der Waals surface area contributed by atoms with Crippen molar-refractivity contribution < 1.29 is 27.0 Å². The summed E-state index contributed by atoms with van der Waals surface area (Å²) in [7, 11) is 0. The third kappa shape index (κ3) is 1.87. The summed E-state index contributed by atoms with van der Waals surface area (Å²) >= 11 is 0. The zero-order chi connectivity index (χ0) is 9.19. The van der Waals surface area contributed by atoms with Crippen LogP contribution in [0, 0.1) is 0 Å². The molecule has 0 aliphatic carbocycles. The highest BCUT2D eigenvalue weighted by molar-refractivity contribution is 4.81. The standard InChI is InChI=1S/C6H8F4O2/c7-5(8)6(9,10)4-1-2-11-3-12-4/h4-5H,1-3H2. The highest BCUT2D eigenvalue weighted by Gasteiger charge is 2.50. The van der Waals surface area contributed by atoms with Gasteiger partial charge in [0.25, 0.3) is 0 Å². The minimum Gasteiger partial charge on any atom is -0.355 e. The van der Waals surface area contributed by atoms with E-state index in [9.17, 15) is 17.6 Å². The van der Waals surface area contributed by atoms with Crippen LogP contribution in [0.4, 0.5) is 17.6 Å². The average Bonchev–Trinajstić information content (AvgIpc) is 2.06. The van der Waals surface area contributed by atoms with Crippen LogP contribution in [-0.2, 0) is 9.47 Å². The van der Waals surface area contributed by atoms with Crippen molar-refractivity contribution in [3.05, 3.63) is 0 Å². The SMILES string of the molecule is FC(F)C(F)(F)C1CCOCO1. The maximum absolute atomic E-state index is 12.5. The van der Waals surface area contributed by atoms with E-state index in [0.717, 1.165) is 0 Å². The molecule has 6 heteroatoms. The van der Waals surface area contributed by atoms with E-state index in [1.165, 1.54) is 0 Å². The van der Waals surface area contributed by atoms with Crippen molar-refractivity contribution in [2.24, 2.45) is 0 Å². The molecule has 0 spiro atoms. The second-order valence-electron chi connectivity index (χ2n) is 2.45. The van der Waals surface area contributed by atoms with Crippen LogP contribution >= 0.6 is 0 Å². The van der Waals surface area contributed by atoms with Gasteiger partial charge in [-0.15, -0.1) is 0 Å². The Morgan fingerprint density at radius 1 is 1.33 bits per heavy atom. The Bertz CT molecular complexity index is 144. The number of ether oxygens (including phenoxy) is 2. The van der Waals surface area contributed by atoms with Crippen molar-refractivity contribution in [3.63, 3.8) is 0 Å². The smallest absolute Gasteiger partial charge is 0.333 e. The summed E-state index contributed by atoms with van der Waals surface area (Å²) < 4.78 is 57.4. The van der Waals surface area contributed by atoms with Crippen LogP contribution in [-0.4, -0.2) is 31.9 Å². The van der Waals surface area contributed by atoms with Crippen LogP contribution in [0.3, 0.4) is 0 Å². The molecule has 0 N–H and O–H groups in total. The molecule has 1 atom stereocenters. The lowest BCUT2D eigenvalue weighted by Crippen LogP contribution is -2.45. The first kappa shape index (κ1) is 9.73. The molecule has 0 aromatic rings. The van der Waals surface area contributed by atoms with Gasteiger partial charge < -0.3 is 9.47 Å². The molecule has 0 aromatic carbocycles. The molecule has 0 amide bonds. The molecule has 1 heterocycles. The maximum Gasteiger partial charge on any atom is 0.333 e. The van der Waals surface area contributed by atoms with Crippen LogP contribution in [0.15, 0.2) is 0 Å². The van der Waals surface area contributed by atoms with Crippen molar-refractivity contribution in [2.45, 2.75) is 24.9 Å². The Morgan fingerprint density at radius 3 is 2.42 bits per heavy atom. The summed E-state index contributed by atoms with van der Waals surface area (Å²) in [5.41, 5.74) is 0. The quantitative estimate of drug-likeness (QED) is 0.613. The minimum absolute atomic E-state index is 0.0347. The second-order valence-corrected chi connectivity index (χ2v) is 2.45. The van der Waals surface area contributed by atoms with Crippen LogP contribution in [0.1, 0.15) is 6.42 Å². The lowest BCUT2D eigenvalue weighted by molar-refractivity contribution is -0.254. The van der Waals surface area contributed by atoms with Gasteiger partial charge in [-0.05, 0) is 0 Å². The second kappa shape index (κ2) is 3.57. The highest BCUT2D eigenvalue weighted by atomic mass is 19.3. The fourth-order valence-corrected chi connectivity index (χ4v) is 0.907. The molecule has 0 aromatic heterocycles. The predicted molar refractivity (Wildman–Crippen MR) is 31.3 cm³/mol. The van der Waals surface area contributed by atoms with E-state index in [1.807, 2.05) is 0 Å². The van der Waals surface area contributed by atoms with E-state index >= 15 is 0 Å². The molecule has 1 rings (SSSR count). The zero-order valence-electron chi connectivity index (χ0n) is 6.10. The van der Waals surface area contributed by atoms with Gasteiger partial charge in [-0.3, -0.25) is 0 Å². The molecule has 72 valence electrons. The molecule has 0 bridgehead atoms. The highest BCUT2D eigenvalue weighted by Crippen LogP contribution is 2.31. The fourth-order valence-electron chi connectivity index (χ4n) is 0.907. The molecular formula is C6H8F4O2.